The minimum Gasteiger partial charge on any atom is -0.469 e. The molecule has 2 aromatic carbocycles. The number of ether oxygens (including phenoxy) is 2. The summed E-state index contributed by atoms with van der Waals surface area (Å²) in [4.78, 5) is 29.3. The van der Waals surface area contributed by atoms with Crippen molar-refractivity contribution in [1.29, 1.82) is 0 Å². The minimum atomic E-state index is -0.507. The van der Waals surface area contributed by atoms with Gasteiger partial charge in [-0.25, -0.2) is 4.79 Å². The molecule has 35 heavy (non-hydrogen) atoms. The van der Waals surface area contributed by atoms with Crippen molar-refractivity contribution < 1.29 is 19.1 Å². The number of hydrogen-bond donors (Lipinski definition) is 0. The maximum Gasteiger partial charge on any atom is 0.410 e. The van der Waals surface area contributed by atoms with Crippen molar-refractivity contribution in [2.24, 2.45) is 0 Å². The standard InChI is InChI=1S/C29H38N2O4/c1-29(2,3)35-28(33)31(26-19-25(26)23-8-6-5-7-9-23)24-14-16-30(17-15-24)20-22-12-10-21(11-13-22)18-27(32)34-4/h5-13,24-26H,14-20H2,1-4H3/t25-,26+/m0/s1. The third-order valence-corrected chi connectivity index (χ3v) is 6.90. The van der Waals surface area contributed by atoms with Crippen molar-refractivity contribution >= 4 is 12.1 Å². The zero-order valence-corrected chi connectivity index (χ0v) is 21.4. The van der Waals surface area contributed by atoms with Crippen molar-refractivity contribution in [2.75, 3.05) is 20.2 Å². The third-order valence-electron chi connectivity index (χ3n) is 6.90. The predicted octanol–water partition coefficient (Wildman–Crippen LogP) is 5.16. The molecule has 1 aliphatic carbocycles. The van der Waals surface area contributed by atoms with Crippen molar-refractivity contribution in [3.8, 4) is 0 Å². The number of likely N-dealkylation sites (tertiary alicyclic amines) is 1. The van der Waals surface area contributed by atoms with Crippen LogP contribution >= 0.6 is 0 Å². The molecule has 6 nitrogen and oxygen atoms in total. The third kappa shape index (κ3) is 6.85. The number of amides is 1. The van der Waals surface area contributed by atoms with Crippen molar-refractivity contribution in [1.82, 2.24) is 9.80 Å². The number of methoxy groups -OCH3 is 1. The van der Waals surface area contributed by atoms with Crippen molar-refractivity contribution in [3.63, 3.8) is 0 Å². The molecule has 1 amide bonds. The van der Waals surface area contributed by atoms with E-state index in [0.717, 1.165) is 44.5 Å². The van der Waals surface area contributed by atoms with Gasteiger partial charge in [0.05, 0.1) is 13.5 Å². The first-order valence-corrected chi connectivity index (χ1v) is 12.7. The molecule has 1 aliphatic heterocycles. The Balaban J connectivity index is 1.36. The highest BCUT2D eigenvalue weighted by atomic mass is 16.6. The maximum atomic E-state index is 13.3. The number of rotatable bonds is 7. The lowest BCUT2D eigenvalue weighted by molar-refractivity contribution is -0.139. The van der Waals surface area contributed by atoms with Gasteiger partial charge in [-0.3, -0.25) is 9.69 Å². The fourth-order valence-corrected chi connectivity index (χ4v) is 5.03. The molecule has 6 heteroatoms. The van der Waals surface area contributed by atoms with E-state index < -0.39 is 5.60 Å². The van der Waals surface area contributed by atoms with E-state index in [1.807, 2.05) is 39.0 Å². The Morgan fingerprint density at radius 3 is 2.20 bits per heavy atom. The quantitative estimate of drug-likeness (QED) is 0.515. The minimum absolute atomic E-state index is 0.180. The first-order valence-electron chi connectivity index (χ1n) is 12.7. The number of carbonyl (C=O) groups is 2. The highest BCUT2D eigenvalue weighted by Gasteiger charge is 2.48. The normalized spacial score (nSPS) is 20.8. The van der Waals surface area contributed by atoms with Crippen LogP contribution in [0.3, 0.4) is 0 Å². The summed E-state index contributed by atoms with van der Waals surface area (Å²) in [7, 11) is 1.41. The van der Waals surface area contributed by atoms with Crippen LogP contribution in [0.15, 0.2) is 54.6 Å². The summed E-state index contributed by atoms with van der Waals surface area (Å²) in [6.45, 7) is 8.55. The first-order chi connectivity index (χ1) is 16.7. The highest BCUT2D eigenvalue weighted by Crippen LogP contribution is 2.46. The van der Waals surface area contributed by atoms with Crippen LogP contribution in [0.1, 0.15) is 62.6 Å². The molecule has 2 aliphatic rings. The summed E-state index contributed by atoms with van der Waals surface area (Å²) in [5.41, 5.74) is 2.99. The van der Waals surface area contributed by atoms with Crippen LogP contribution in [0.25, 0.3) is 0 Å². The van der Waals surface area contributed by atoms with Gasteiger partial charge in [0.1, 0.15) is 5.60 Å². The molecule has 0 spiro atoms. The monoisotopic (exact) mass is 478 g/mol. The Morgan fingerprint density at radius 2 is 1.60 bits per heavy atom. The summed E-state index contributed by atoms with van der Waals surface area (Å²) in [5, 5.41) is 0. The van der Waals surface area contributed by atoms with Crippen LogP contribution in [0.4, 0.5) is 4.79 Å². The molecule has 2 atom stereocenters. The number of esters is 1. The van der Waals surface area contributed by atoms with Gasteiger partial charge in [0.15, 0.2) is 0 Å². The average Bonchev–Trinajstić information content (AvgIpc) is 3.61. The van der Waals surface area contributed by atoms with Crippen LogP contribution in [0.5, 0.6) is 0 Å². The fourth-order valence-electron chi connectivity index (χ4n) is 5.03. The van der Waals surface area contributed by atoms with Gasteiger partial charge in [-0.1, -0.05) is 54.6 Å². The molecule has 0 aromatic heterocycles. The second-order valence-corrected chi connectivity index (χ2v) is 10.8. The van der Waals surface area contributed by atoms with E-state index in [1.54, 1.807) is 0 Å². The average molecular weight is 479 g/mol. The Kier molecular flexibility index (Phi) is 7.80. The lowest BCUT2D eigenvalue weighted by Crippen LogP contribution is -2.50. The number of piperidine rings is 1. The Labute approximate surface area is 209 Å². The lowest BCUT2D eigenvalue weighted by Gasteiger charge is -2.39. The summed E-state index contributed by atoms with van der Waals surface area (Å²) >= 11 is 0. The van der Waals surface area contributed by atoms with Gasteiger partial charge in [-0.15, -0.1) is 0 Å². The molecule has 0 radical (unpaired) electrons. The van der Waals surface area contributed by atoms with E-state index in [4.69, 9.17) is 9.47 Å². The van der Waals surface area contributed by atoms with Gasteiger partial charge in [0.25, 0.3) is 0 Å². The molecule has 0 N–H and O–H groups in total. The molecule has 2 fully saturated rings. The van der Waals surface area contributed by atoms with E-state index in [0.29, 0.717) is 12.3 Å². The van der Waals surface area contributed by atoms with Gasteiger partial charge in [-0.2, -0.15) is 0 Å². The van der Waals surface area contributed by atoms with E-state index in [9.17, 15) is 9.59 Å². The smallest absolute Gasteiger partial charge is 0.410 e. The Bertz CT molecular complexity index is 992. The van der Waals surface area contributed by atoms with Gasteiger partial charge < -0.3 is 14.4 Å². The second-order valence-electron chi connectivity index (χ2n) is 10.8. The summed E-state index contributed by atoms with van der Waals surface area (Å²) in [6.07, 6.45) is 3.01. The molecule has 188 valence electrons. The number of hydrogen-bond acceptors (Lipinski definition) is 5. The molecule has 0 unspecified atom stereocenters. The molecular formula is C29H38N2O4. The van der Waals surface area contributed by atoms with Gasteiger partial charge >= 0.3 is 12.1 Å². The SMILES string of the molecule is COC(=O)Cc1ccc(CN2CCC(N(C(=O)OC(C)(C)C)[C@@H]3C[C@H]3c3ccccc3)CC2)cc1. The first kappa shape index (κ1) is 25.2. The molecular weight excluding hydrogens is 440 g/mol. The maximum absolute atomic E-state index is 13.3. The van der Waals surface area contributed by atoms with Crippen LogP contribution in [0.2, 0.25) is 0 Å². The highest BCUT2D eigenvalue weighted by molar-refractivity contribution is 5.72. The number of nitrogens with zero attached hydrogens (tertiary/aromatic N) is 2. The van der Waals surface area contributed by atoms with Crippen LogP contribution < -0.4 is 0 Å². The van der Waals surface area contributed by atoms with Gasteiger partial charge in [-0.05, 0) is 56.7 Å². The lowest BCUT2D eigenvalue weighted by atomic mass is 10.0. The summed E-state index contributed by atoms with van der Waals surface area (Å²) in [5.74, 6) is 0.171. The summed E-state index contributed by atoms with van der Waals surface area (Å²) < 4.78 is 10.6. The predicted molar refractivity (Wildman–Crippen MR) is 136 cm³/mol. The largest absolute Gasteiger partial charge is 0.469 e. The van der Waals surface area contributed by atoms with E-state index in [1.165, 1.54) is 18.2 Å². The van der Waals surface area contributed by atoms with Gasteiger partial charge in [0, 0.05) is 37.6 Å². The Morgan fingerprint density at radius 1 is 0.971 bits per heavy atom. The van der Waals surface area contributed by atoms with Crippen molar-refractivity contribution in [3.05, 3.63) is 71.3 Å². The number of benzene rings is 2. The molecule has 1 saturated heterocycles. The summed E-state index contributed by atoms with van der Waals surface area (Å²) in [6, 6.07) is 19.1. The second kappa shape index (κ2) is 10.8. The van der Waals surface area contributed by atoms with Crippen molar-refractivity contribution in [2.45, 2.75) is 76.6 Å². The molecule has 2 aromatic rings. The van der Waals surface area contributed by atoms with E-state index in [-0.39, 0.29) is 24.1 Å². The van der Waals surface area contributed by atoms with Crippen LogP contribution in [0, 0.1) is 0 Å². The van der Waals surface area contributed by atoms with Crippen LogP contribution in [-0.2, 0) is 27.2 Å². The molecule has 4 rings (SSSR count). The zero-order chi connectivity index (χ0) is 25.0. The van der Waals surface area contributed by atoms with Crippen LogP contribution in [-0.4, -0.2) is 59.7 Å². The van der Waals surface area contributed by atoms with E-state index in [2.05, 4.69) is 46.2 Å². The molecule has 0 bridgehead atoms. The molecule has 1 saturated carbocycles. The molecule has 1 heterocycles. The Hall–Kier alpha value is -2.86. The topological polar surface area (TPSA) is 59.1 Å². The van der Waals surface area contributed by atoms with E-state index >= 15 is 0 Å². The zero-order valence-electron chi connectivity index (χ0n) is 21.4. The fraction of sp³-hybridized carbons (Fsp3) is 0.517. The van der Waals surface area contributed by atoms with Gasteiger partial charge in [0.2, 0.25) is 0 Å². The number of carbonyl (C=O) groups excluding carboxylic acids is 2.